The Morgan fingerprint density at radius 1 is 1.05 bits per heavy atom. The standard InChI is InChI=1S/C12H14O7S.Mg.2H/c1-3-18-11(13)8-5-9(12(14)19-4-2)7-10(6-8)20(15,16)17;;;/h5-7H,3-4H2,1-2H3,(H,15,16,17);;;/q;+2;2*-1. The van der Waals surface area contributed by atoms with Crippen LogP contribution in [-0.4, -0.2) is 61.2 Å². The first kappa shape index (κ1) is 19.8. The van der Waals surface area contributed by atoms with Crippen molar-refractivity contribution >= 4 is 45.1 Å². The minimum Gasteiger partial charge on any atom is -1.00 e. The maximum Gasteiger partial charge on any atom is 2.00 e. The molecule has 0 saturated carbocycles. The molecule has 0 fully saturated rings. The van der Waals surface area contributed by atoms with Crippen molar-refractivity contribution in [3.05, 3.63) is 29.3 Å². The van der Waals surface area contributed by atoms with Crippen LogP contribution in [0.4, 0.5) is 0 Å². The largest absolute Gasteiger partial charge is 2.00 e. The van der Waals surface area contributed by atoms with Crippen molar-refractivity contribution in [2.75, 3.05) is 13.2 Å². The number of ether oxygens (including phenoxy) is 2. The summed E-state index contributed by atoms with van der Waals surface area (Å²) in [5, 5.41) is 0. The second kappa shape index (κ2) is 8.32. The smallest absolute Gasteiger partial charge is 1.00 e. The Morgan fingerprint density at radius 2 is 1.43 bits per heavy atom. The number of hydrogen-bond acceptors (Lipinski definition) is 6. The number of esters is 2. The Kier molecular flexibility index (Phi) is 7.86. The molecule has 1 N–H and O–H groups in total. The zero-order valence-electron chi connectivity index (χ0n) is 13.7. The predicted octanol–water partition coefficient (Wildman–Crippen LogP) is 1.13. The van der Waals surface area contributed by atoms with Crippen molar-refractivity contribution in [3.8, 4) is 0 Å². The molecule has 0 aromatic heterocycles. The molecule has 0 aliphatic heterocycles. The number of benzene rings is 1. The fraction of sp³-hybridized carbons (Fsp3) is 0.333. The molecular weight excluding hydrogens is 312 g/mol. The van der Waals surface area contributed by atoms with Crippen LogP contribution in [-0.2, 0) is 19.6 Å². The third-order valence-electron chi connectivity index (χ3n) is 2.23. The fourth-order valence-corrected chi connectivity index (χ4v) is 1.96. The molecule has 0 aliphatic rings. The molecule has 1 aromatic carbocycles. The third-order valence-corrected chi connectivity index (χ3v) is 3.06. The van der Waals surface area contributed by atoms with Gasteiger partial charge < -0.3 is 12.3 Å². The Morgan fingerprint density at radius 3 is 1.71 bits per heavy atom. The summed E-state index contributed by atoms with van der Waals surface area (Å²) in [6, 6.07) is 3.00. The molecule has 0 atom stereocenters. The van der Waals surface area contributed by atoms with Gasteiger partial charge in [0.2, 0.25) is 0 Å². The summed E-state index contributed by atoms with van der Waals surface area (Å²) in [7, 11) is -4.56. The van der Waals surface area contributed by atoms with Crippen molar-refractivity contribution in [2.24, 2.45) is 0 Å². The SMILES string of the molecule is CCOC(=O)c1cc(C(=O)OCC)cc(S(=O)(=O)O)c1.[H-].[H-].[Mg+2]. The van der Waals surface area contributed by atoms with Crippen molar-refractivity contribution in [2.45, 2.75) is 18.7 Å². The van der Waals surface area contributed by atoms with Crippen molar-refractivity contribution in [1.29, 1.82) is 0 Å². The summed E-state index contributed by atoms with van der Waals surface area (Å²) < 4.78 is 40.8. The number of carbonyl (C=O) groups excluding carboxylic acids is 2. The van der Waals surface area contributed by atoms with Gasteiger partial charge in [-0.3, -0.25) is 4.55 Å². The van der Waals surface area contributed by atoms with E-state index in [1.54, 1.807) is 13.8 Å². The summed E-state index contributed by atoms with van der Waals surface area (Å²) >= 11 is 0. The van der Waals surface area contributed by atoms with E-state index in [0.29, 0.717) is 0 Å². The summed E-state index contributed by atoms with van der Waals surface area (Å²) in [5.74, 6) is -1.60. The minimum absolute atomic E-state index is 0. The Labute approximate surface area is 141 Å². The normalized spacial score (nSPS) is 10.4. The first-order chi connectivity index (χ1) is 9.29. The van der Waals surface area contributed by atoms with E-state index in [2.05, 4.69) is 0 Å². The van der Waals surface area contributed by atoms with E-state index in [1.807, 2.05) is 0 Å². The number of hydrogen-bond donors (Lipinski definition) is 1. The number of carbonyl (C=O) groups is 2. The molecule has 0 unspecified atom stereocenters. The summed E-state index contributed by atoms with van der Waals surface area (Å²) in [5.41, 5.74) is -0.324. The zero-order chi connectivity index (χ0) is 15.3. The van der Waals surface area contributed by atoms with Crippen LogP contribution in [0.3, 0.4) is 0 Å². The molecule has 0 heterocycles. The molecule has 0 aliphatic carbocycles. The van der Waals surface area contributed by atoms with Gasteiger partial charge in [0, 0.05) is 0 Å². The van der Waals surface area contributed by atoms with E-state index in [0.717, 1.165) is 18.2 Å². The summed E-state index contributed by atoms with van der Waals surface area (Å²) in [4.78, 5) is 22.6. The van der Waals surface area contributed by atoms with Crippen LogP contribution in [0.15, 0.2) is 23.1 Å². The van der Waals surface area contributed by atoms with Crippen LogP contribution < -0.4 is 0 Å². The topological polar surface area (TPSA) is 107 Å². The maximum absolute atomic E-state index is 11.6. The fourth-order valence-electron chi connectivity index (χ4n) is 1.41. The molecule has 1 rings (SSSR count). The van der Waals surface area contributed by atoms with E-state index >= 15 is 0 Å². The Bertz CT molecular complexity index is 598. The molecule has 0 radical (unpaired) electrons. The van der Waals surface area contributed by atoms with Gasteiger partial charge >= 0.3 is 35.0 Å². The monoisotopic (exact) mass is 328 g/mol. The van der Waals surface area contributed by atoms with E-state index in [-0.39, 0.29) is 50.2 Å². The number of rotatable bonds is 5. The van der Waals surface area contributed by atoms with Crippen molar-refractivity contribution in [3.63, 3.8) is 0 Å². The average Bonchev–Trinajstić information content (AvgIpc) is 2.37. The van der Waals surface area contributed by atoms with Gasteiger partial charge in [-0.05, 0) is 32.0 Å². The average molecular weight is 329 g/mol. The van der Waals surface area contributed by atoms with E-state index in [9.17, 15) is 18.0 Å². The van der Waals surface area contributed by atoms with Gasteiger partial charge in [0.25, 0.3) is 10.1 Å². The van der Waals surface area contributed by atoms with Crippen molar-refractivity contribution in [1.82, 2.24) is 0 Å². The maximum atomic E-state index is 11.6. The molecule has 7 nitrogen and oxygen atoms in total. The first-order valence-corrected chi connectivity index (χ1v) is 7.20. The van der Waals surface area contributed by atoms with Gasteiger partial charge in [0.05, 0.1) is 29.2 Å². The van der Waals surface area contributed by atoms with Crippen LogP contribution >= 0.6 is 0 Å². The molecule has 1 aromatic rings. The minimum atomic E-state index is -4.56. The molecule has 9 heteroatoms. The van der Waals surface area contributed by atoms with Gasteiger partial charge in [0.15, 0.2) is 0 Å². The van der Waals surface area contributed by atoms with Crippen LogP contribution in [0.1, 0.15) is 37.4 Å². The first-order valence-electron chi connectivity index (χ1n) is 5.76. The van der Waals surface area contributed by atoms with Crippen molar-refractivity contribution < 1.29 is 34.9 Å². The Balaban J connectivity index is -0.00000133. The quantitative estimate of drug-likeness (QED) is 0.490. The molecule has 0 spiro atoms. The van der Waals surface area contributed by atoms with Gasteiger partial charge in [0.1, 0.15) is 0 Å². The van der Waals surface area contributed by atoms with Crippen LogP contribution in [0.25, 0.3) is 0 Å². The van der Waals surface area contributed by atoms with E-state index in [4.69, 9.17) is 14.0 Å². The predicted molar refractivity (Wildman–Crippen MR) is 76.1 cm³/mol. The van der Waals surface area contributed by atoms with E-state index < -0.39 is 27.0 Å². The van der Waals surface area contributed by atoms with Gasteiger partial charge in [-0.25, -0.2) is 9.59 Å². The van der Waals surface area contributed by atoms with Gasteiger partial charge in [-0.15, -0.1) is 0 Å². The summed E-state index contributed by atoms with van der Waals surface area (Å²) in [6.45, 7) is 3.33. The van der Waals surface area contributed by atoms with Gasteiger partial charge in [-0.1, -0.05) is 0 Å². The van der Waals surface area contributed by atoms with Gasteiger partial charge in [-0.2, -0.15) is 8.42 Å². The van der Waals surface area contributed by atoms with E-state index in [1.165, 1.54) is 0 Å². The third kappa shape index (κ3) is 5.62. The molecule has 21 heavy (non-hydrogen) atoms. The van der Waals surface area contributed by atoms with Crippen LogP contribution in [0, 0.1) is 0 Å². The Hall–Kier alpha value is -1.16. The molecule has 0 amide bonds. The summed E-state index contributed by atoms with van der Waals surface area (Å²) in [6.07, 6.45) is 0. The second-order valence-corrected chi connectivity index (χ2v) is 5.08. The molecule has 0 bridgehead atoms. The zero-order valence-corrected chi connectivity index (χ0v) is 13.9. The molecule has 114 valence electrons. The molecular formula is C12H16MgO7S. The second-order valence-electron chi connectivity index (χ2n) is 3.66. The van der Waals surface area contributed by atoms with Crippen LogP contribution in [0.2, 0.25) is 0 Å². The van der Waals surface area contributed by atoms with Crippen LogP contribution in [0.5, 0.6) is 0 Å². The molecule has 0 saturated heterocycles.